The Morgan fingerprint density at radius 1 is 1.28 bits per heavy atom. The summed E-state index contributed by atoms with van der Waals surface area (Å²) in [6.45, 7) is 3.28. The van der Waals surface area contributed by atoms with E-state index in [0.717, 1.165) is 6.54 Å². The first-order valence-corrected chi connectivity index (χ1v) is 7.05. The third-order valence-corrected chi connectivity index (χ3v) is 4.26. The van der Waals surface area contributed by atoms with E-state index >= 15 is 0 Å². The van der Waals surface area contributed by atoms with Crippen molar-refractivity contribution < 1.29 is 0 Å². The number of benzene rings is 1. The average Bonchev–Trinajstić information content (AvgIpc) is 2.93. The fourth-order valence-electron chi connectivity index (χ4n) is 3.22. The van der Waals surface area contributed by atoms with Crippen LogP contribution < -0.4 is 5.32 Å². The van der Waals surface area contributed by atoms with Crippen LogP contribution in [-0.4, -0.2) is 16.1 Å². The lowest BCUT2D eigenvalue weighted by atomic mass is 10.0. The lowest BCUT2D eigenvalue weighted by molar-refractivity contribution is 0.648. The van der Waals surface area contributed by atoms with E-state index in [4.69, 9.17) is 4.98 Å². The molecule has 1 aromatic carbocycles. The fraction of sp³-hybridized carbons (Fsp3) is 0.533. The minimum Gasteiger partial charge on any atom is -0.325 e. The Morgan fingerprint density at radius 2 is 2.17 bits per heavy atom. The molecule has 1 saturated carbocycles. The number of imidazole rings is 1. The molecule has 1 aliphatic heterocycles. The topological polar surface area (TPSA) is 29.9 Å². The van der Waals surface area contributed by atoms with Crippen molar-refractivity contribution in [3.63, 3.8) is 0 Å². The molecule has 18 heavy (non-hydrogen) atoms. The summed E-state index contributed by atoms with van der Waals surface area (Å²) in [5, 5.41) is 3.56. The normalized spacial score (nSPS) is 23.9. The molecule has 2 fully saturated rings. The van der Waals surface area contributed by atoms with Gasteiger partial charge in [0, 0.05) is 12.1 Å². The molecular formula is C15H19N3. The maximum Gasteiger partial charge on any atom is 0.106 e. The molecule has 3 nitrogen and oxygen atoms in total. The molecule has 2 aromatic rings. The lowest BCUT2D eigenvalue weighted by Gasteiger charge is -2.10. The zero-order valence-electron chi connectivity index (χ0n) is 10.8. The van der Waals surface area contributed by atoms with Gasteiger partial charge in [0.1, 0.15) is 5.82 Å². The molecular weight excluding hydrogens is 222 g/mol. The minimum absolute atomic E-state index is 0.542. The Morgan fingerprint density at radius 3 is 2.89 bits per heavy atom. The second kappa shape index (κ2) is 3.82. The molecule has 1 aliphatic carbocycles. The van der Waals surface area contributed by atoms with E-state index in [-0.39, 0.29) is 0 Å². The largest absolute Gasteiger partial charge is 0.325 e. The summed E-state index contributed by atoms with van der Waals surface area (Å²) in [5.41, 5.74) is 3.89. The Bertz CT molecular complexity index is 589. The summed E-state index contributed by atoms with van der Waals surface area (Å²) in [5.74, 6) is 1.17. The van der Waals surface area contributed by atoms with Crippen molar-refractivity contribution >= 4 is 11.0 Å². The SMILES string of the molecule is Cc1nc2cc(C3CCCN3)ccc2n1C1CC1. The summed E-state index contributed by atoms with van der Waals surface area (Å²) in [6.07, 6.45) is 5.18. The minimum atomic E-state index is 0.542. The predicted octanol–water partition coefficient (Wildman–Crippen LogP) is 3.10. The number of hydrogen-bond acceptors (Lipinski definition) is 2. The zero-order chi connectivity index (χ0) is 12.1. The Labute approximate surface area is 107 Å². The van der Waals surface area contributed by atoms with Gasteiger partial charge in [0.15, 0.2) is 0 Å². The number of fused-ring (bicyclic) bond motifs is 1. The fourth-order valence-corrected chi connectivity index (χ4v) is 3.22. The van der Waals surface area contributed by atoms with Crippen LogP contribution in [-0.2, 0) is 0 Å². The van der Waals surface area contributed by atoms with E-state index < -0.39 is 0 Å². The lowest BCUT2D eigenvalue weighted by Crippen LogP contribution is -2.12. The summed E-state index contributed by atoms with van der Waals surface area (Å²) in [6, 6.07) is 8.09. The Hall–Kier alpha value is -1.35. The number of aryl methyl sites for hydroxylation is 1. The smallest absolute Gasteiger partial charge is 0.106 e. The highest BCUT2D eigenvalue weighted by Crippen LogP contribution is 2.39. The van der Waals surface area contributed by atoms with Crippen LogP contribution in [0.4, 0.5) is 0 Å². The van der Waals surface area contributed by atoms with E-state index in [1.54, 1.807) is 0 Å². The maximum absolute atomic E-state index is 4.74. The van der Waals surface area contributed by atoms with Crippen LogP contribution in [0, 0.1) is 6.92 Å². The van der Waals surface area contributed by atoms with Gasteiger partial charge in [-0.3, -0.25) is 0 Å². The predicted molar refractivity (Wildman–Crippen MR) is 72.7 cm³/mol. The molecule has 0 radical (unpaired) electrons. The second-order valence-corrected chi connectivity index (χ2v) is 5.66. The molecule has 0 amide bonds. The molecule has 1 atom stereocenters. The van der Waals surface area contributed by atoms with Crippen LogP contribution in [0.25, 0.3) is 11.0 Å². The molecule has 0 bridgehead atoms. The van der Waals surface area contributed by atoms with Crippen molar-refractivity contribution in [3.05, 3.63) is 29.6 Å². The quantitative estimate of drug-likeness (QED) is 0.875. The molecule has 1 N–H and O–H groups in total. The molecule has 1 unspecified atom stereocenters. The number of nitrogens with zero attached hydrogens (tertiary/aromatic N) is 2. The van der Waals surface area contributed by atoms with Crippen LogP contribution in [0.15, 0.2) is 18.2 Å². The average molecular weight is 241 g/mol. The van der Waals surface area contributed by atoms with Gasteiger partial charge in [-0.25, -0.2) is 4.98 Å². The van der Waals surface area contributed by atoms with Crippen molar-refractivity contribution in [3.8, 4) is 0 Å². The van der Waals surface area contributed by atoms with Crippen molar-refractivity contribution in [2.24, 2.45) is 0 Å². The van der Waals surface area contributed by atoms with E-state index in [1.165, 1.54) is 48.1 Å². The second-order valence-electron chi connectivity index (χ2n) is 5.66. The molecule has 2 aliphatic rings. The molecule has 4 rings (SSSR count). The zero-order valence-corrected chi connectivity index (χ0v) is 10.8. The highest BCUT2D eigenvalue weighted by atomic mass is 15.1. The van der Waals surface area contributed by atoms with Gasteiger partial charge in [-0.05, 0) is 56.8 Å². The van der Waals surface area contributed by atoms with Gasteiger partial charge in [-0.15, -0.1) is 0 Å². The third kappa shape index (κ3) is 1.57. The van der Waals surface area contributed by atoms with Crippen LogP contribution in [0.1, 0.15) is 49.2 Å². The number of hydrogen-bond donors (Lipinski definition) is 1. The first kappa shape index (κ1) is 10.6. The number of rotatable bonds is 2. The van der Waals surface area contributed by atoms with Crippen molar-refractivity contribution in [1.29, 1.82) is 0 Å². The molecule has 1 saturated heterocycles. The summed E-state index contributed by atoms with van der Waals surface area (Å²) < 4.78 is 2.42. The van der Waals surface area contributed by atoms with E-state index in [0.29, 0.717) is 12.1 Å². The standard InChI is InChI=1S/C15H19N3/c1-10-17-14-9-11(13-3-2-8-16-13)4-7-15(14)18(10)12-5-6-12/h4,7,9,12-13,16H,2-3,5-6,8H2,1H3. The Balaban J connectivity index is 1.80. The third-order valence-electron chi connectivity index (χ3n) is 4.26. The summed E-state index contributed by atoms with van der Waals surface area (Å²) in [4.78, 5) is 4.74. The van der Waals surface area contributed by atoms with Gasteiger partial charge in [-0.2, -0.15) is 0 Å². The molecule has 1 aromatic heterocycles. The maximum atomic E-state index is 4.74. The summed E-state index contributed by atoms with van der Waals surface area (Å²) in [7, 11) is 0. The van der Waals surface area contributed by atoms with Gasteiger partial charge in [0.25, 0.3) is 0 Å². The van der Waals surface area contributed by atoms with Gasteiger partial charge in [0.05, 0.1) is 11.0 Å². The Kier molecular flexibility index (Phi) is 2.24. The van der Waals surface area contributed by atoms with Gasteiger partial charge in [-0.1, -0.05) is 6.07 Å². The molecule has 2 heterocycles. The van der Waals surface area contributed by atoms with Gasteiger partial charge < -0.3 is 9.88 Å². The number of nitrogens with one attached hydrogen (secondary N) is 1. The van der Waals surface area contributed by atoms with Crippen LogP contribution in [0.2, 0.25) is 0 Å². The van der Waals surface area contributed by atoms with E-state index in [2.05, 4.69) is 35.0 Å². The van der Waals surface area contributed by atoms with E-state index in [1.807, 2.05) is 0 Å². The van der Waals surface area contributed by atoms with Crippen molar-refractivity contribution in [1.82, 2.24) is 14.9 Å². The number of aromatic nitrogens is 2. The highest BCUT2D eigenvalue weighted by molar-refractivity contribution is 5.77. The summed E-state index contributed by atoms with van der Waals surface area (Å²) >= 11 is 0. The van der Waals surface area contributed by atoms with Gasteiger partial charge >= 0.3 is 0 Å². The molecule has 0 spiro atoms. The first-order valence-electron chi connectivity index (χ1n) is 7.05. The highest BCUT2D eigenvalue weighted by Gasteiger charge is 2.27. The van der Waals surface area contributed by atoms with Crippen LogP contribution in [0.3, 0.4) is 0 Å². The van der Waals surface area contributed by atoms with Crippen LogP contribution in [0.5, 0.6) is 0 Å². The monoisotopic (exact) mass is 241 g/mol. The molecule has 94 valence electrons. The molecule has 3 heteroatoms. The van der Waals surface area contributed by atoms with E-state index in [9.17, 15) is 0 Å². The van der Waals surface area contributed by atoms with Crippen molar-refractivity contribution in [2.45, 2.75) is 44.7 Å². The van der Waals surface area contributed by atoms with Crippen LogP contribution >= 0.6 is 0 Å². The first-order chi connectivity index (χ1) is 8.83. The van der Waals surface area contributed by atoms with Gasteiger partial charge in [0.2, 0.25) is 0 Å². The van der Waals surface area contributed by atoms with Crippen molar-refractivity contribution in [2.75, 3.05) is 6.54 Å².